The van der Waals surface area contributed by atoms with Crippen molar-refractivity contribution < 1.29 is 14.0 Å². The summed E-state index contributed by atoms with van der Waals surface area (Å²) in [6.07, 6.45) is 7.19. The lowest BCUT2D eigenvalue weighted by Crippen LogP contribution is -2.39. The van der Waals surface area contributed by atoms with Crippen molar-refractivity contribution >= 4 is 11.8 Å². The predicted octanol–water partition coefficient (Wildman–Crippen LogP) is 3.01. The Hall–Kier alpha value is -1.91. The van der Waals surface area contributed by atoms with Crippen LogP contribution in [-0.4, -0.2) is 47.8 Å². The van der Waals surface area contributed by atoms with Gasteiger partial charge >= 0.3 is 0 Å². The molecule has 3 fully saturated rings. The van der Waals surface area contributed by atoms with Gasteiger partial charge in [0.05, 0.1) is 6.42 Å². The summed E-state index contributed by atoms with van der Waals surface area (Å²) in [5.74, 6) is 0.334. The number of nitrogens with zero attached hydrogens (tertiary/aromatic N) is 2. The zero-order valence-electron chi connectivity index (χ0n) is 15.3. The first-order valence-corrected chi connectivity index (χ1v) is 9.88. The molecule has 1 heterocycles. The van der Waals surface area contributed by atoms with Gasteiger partial charge in [-0.25, -0.2) is 4.39 Å². The molecule has 26 heavy (non-hydrogen) atoms. The van der Waals surface area contributed by atoms with Crippen LogP contribution >= 0.6 is 0 Å². The molecule has 0 N–H and O–H groups in total. The molecule has 2 saturated carbocycles. The van der Waals surface area contributed by atoms with Crippen molar-refractivity contribution in [1.29, 1.82) is 0 Å². The summed E-state index contributed by atoms with van der Waals surface area (Å²) in [5, 5.41) is 0. The van der Waals surface area contributed by atoms with Crippen LogP contribution in [0.5, 0.6) is 0 Å². The molecule has 3 aliphatic rings. The highest BCUT2D eigenvalue weighted by atomic mass is 19.1. The quantitative estimate of drug-likeness (QED) is 0.833. The van der Waals surface area contributed by atoms with Gasteiger partial charge in [0.1, 0.15) is 5.82 Å². The van der Waals surface area contributed by atoms with Crippen molar-refractivity contribution in [2.45, 2.75) is 44.9 Å². The number of carbonyl (C=O) groups excluding carboxylic acids is 2. The zero-order valence-corrected chi connectivity index (χ0v) is 15.3. The molecule has 0 bridgehead atoms. The first-order chi connectivity index (χ1) is 12.6. The van der Waals surface area contributed by atoms with Crippen LogP contribution in [0.2, 0.25) is 0 Å². The molecule has 4 nitrogen and oxygen atoms in total. The van der Waals surface area contributed by atoms with Crippen molar-refractivity contribution in [3.63, 3.8) is 0 Å². The minimum Gasteiger partial charge on any atom is -0.341 e. The normalized spacial score (nSPS) is 24.6. The average Bonchev–Trinajstić information content (AvgIpc) is 3.24. The summed E-state index contributed by atoms with van der Waals surface area (Å²) in [6.45, 7) is 2.69. The maximum absolute atomic E-state index is 13.0. The average molecular weight is 358 g/mol. The lowest BCUT2D eigenvalue weighted by molar-refractivity contribution is -0.134. The number of amides is 2. The van der Waals surface area contributed by atoms with E-state index in [0.29, 0.717) is 37.4 Å². The predicted molar refractivity (Wildman–Crippen MR) is 96.9 cm³/mol. The Kier molecular flexibility index (Phi) is 4.72. The van der Waals surface area contributed by atoms with Gasteiger partial charge < -0.3 is 9.80 Å². The van der Waals surface area contributed by atoms with E-state index in [9.17, 15) is 14.0 Å². The molecule has 5 heteroatoms. The van der Waals surface area contributed by atoms with Crippen molar-refractivity contribution in [3.05, 3.63) is 35.6 Å². The van der Waals surface area contributed by atoms with Gasteiger partial charge in [-0.3, -0.25) is 9.59 Å². The first kappa shape index (κ1) is 17.5. The molecular weight excluding hydrogens is 331 g/mol. The highest BCUT2D eigenvalue weighted by molar-refractivity contribution is 5.83. The molecule has 1 aromatic carbocycles. The Balaban J connectivity index is 1.31. The van der Waals surface area contributed by atoms with E-state index in [4.69, 9.17) is 0 Å². The van der Waals surface area contributed by atoms with Gasteiger partial charge in [-0.2, -0.15) is 0 Å². The third kappa shape index (κ3) is 3.49. The molecule has 2 amide bonds. The number of rotatable bonds is 3. The second kappa shape index (κ2) is 7.01. The molecule has 2 aliphatic carbocycles. The Morgan fingerprint density at radius 2 is 1.62 bits per heavy atom. The molecule has 1 atom stereocenters. The SMILES string of the molecule is O=C(Cc1ccc(F)cc1)N1CCCN(C(=O)C2CC23CCCC3)CC1. The van der Waals surface area contributed by atoms with Gasteiger partial charge in [-0.15, -0.1) is 0 Å². The molecule has 1 aromatic rings. The van der Waals surface area contributed by atoms with Crippen LogP contribution in [-0.2, 0) is 16.0 Å². The number of hydrogen-bond donors (Lipinski definition) is 0. The molecule has 1 saturated heterocycles. The molecule has 0 aromatic heterocycles. The minimum absolute atomic E-state index is 0.0598. The van der Waals surface area contributed by atoms with E-state index in [2.05, 4.69) is 0 Å². The van der Waals surface area contributed by atoms with Crippen LogP contribution in [0, 0.1) is 17.2 Å². The molecule has 140 valence electrons. The van der Waals surface area contributed by atoms with Crippen LogP contribution in [0.3, 0.4) is 0 Å². The van der Waals surface area contributed by atoms with Crippen LogP contribution in [0.25, 0.3) is 0 Å². The maximum Gasteiger partial charge on any atom is 0.227 e. The molecule has 1 aliphatic heterocycles. The summed E-state index contributed by atoms with van der Waals surface area (Å²) in [5.41, 5.74) is 1.16. The molecule has 4 rings (SSSR count). The summed E-state index contributed by atoms with van der Waals surface area (Å²) in [4.78, 5) is 29.3. The van der Waals surface area contributed by atoms with Gasteiger partial charge in [-0.1, -0.05) is 25.0 Å². The Morgan fingerprint density at radius 3 is 2.35 bits per heavy atom. The molecule has 1 unspecified atom stereocenters. The summed E-state index contributed by atoms with van der Waals surface area (Å²) < 4.78 is 13.0. The van der Waals surface area contributed by atoms with E-state index >= 15 is 0 Å². The van der Waals surface area contributed by atoms with Gasteiger partial charge in [0.25, 0.3) is 0 Å². The molecular formula is C21H27FN2O2. The lowest BCUT2D eigenvalue weighted by atomic mass is 10.0. The third-order valence-corrected chi connectivity index (χ3v) is 6.52. The first-order valence-electron chi connectivity index (χ1n) is 9.88. The van der Waals surface area contributed by atoms with Crippen LogP contribution in [0.1, 0.15) is 44.1 Å². The van der Waals surface area contributed by atoms with Crippen LogP contribution < -0.4 is 0 Å². The van der Waals surface area contributed by atoms with E-state index in [0.717, 1.165) is 24.9 Å². The number of hydrogen-bond acceptors (Lipinski definition) is 2. The van der Waals surface area contributed by atoms with Crippen molar-refractivity contribution in [2.75, 3.05) is 26.2 Å². The summed E-state index contributed by atoms with van der Waals surface area (Å²) in [7, 11) is 0. The van der Waals surface area contributed by atoms with Crippen LogP contribution in [0.4, 0.5) is 4.39 Å². The largest absolute Gasteiger partial charge is 0.341 e. The monoisotopic (exact) mass is 358 g/mol. The van der Waals surface area contributed by atoms with E-state index in [1.54, 1.807) is 12.1 Å². The standard InChI is InChI=1S/C21H27FN2O2/c22-17-6-4-16(5-7-17)14-19(25)23-10-3-11-24(13-12-23)20(26)18-15-21(18)8-1-2-9-21/h4-7,18H,1-3,8-15H2. The molecule has 0 radical (unpaired) electrons. The van der Waals surface area contributed by atoms with E-state index in [1.165, 1.54) is 37.8 Å². The summed E-state index contributed by atoms with van der Waals surface area (Å²) >= 11 is 0. The van der Waals surface area contributed by atoms with Gasteiger partial charge in [0.2, 0.25) is 11.8 Å². The number of carbonyl (C=O) groups is 2. The van der Waals surface area contributed by atoms with Gasteiger partial charge in [-0.05, 0) is 48.8 Å². The topological polar surface area (TPSA) is 40.6 Å². The maximum atomic E-state index is 13.0. The summed E-state index contributed by atoms with van der Waals surface area (Å²) in [6, 6.07) is 6.10. The third-order valence-electron chi connectivity index (χ3n) is 6.52. The van der Waals surface area contributed by atoms with E-state index < -0.39 is 0 Å². The van der Waals surface area contributed by atoms with Gasteiger partial charge in [0, 0.05) is 32.1 Å². The highest BCUT2D eigenvalue weighted by Crippen LogP contribution is 2.63. The Morgan fingerprint density at radius 1 is 0.962 bits per heavy atom. The second-order valence-corrected chi connectivity index (χ2v) is 8.19. The zero-order chi connectivity index (χ0) is 18.1. The smallest absolute Gasteiger partial charge is 0.227 e. The number of benzene rings is 1. The minimum atomic E-state index is -0.287. The fourth-order valence-electron chi connectivity index (χ4n) is 4.82. The second-order valence-electron chi connectivity index (χ2n) is 8.19. The van der Waals surface area contributed by atoms with Crippen molar-refractivity contribution in [3.8, 4) is 0 Å². The van der Waals surface area contributed by atoms with E-state index in [-0.39, 0.29) is 17.6 Å². The van der Waals surface area contributed by atoms with Gasteiger partial charge in [0.15, 0.2) is 0 Å². The van der Waals surface area contributed by atoms with E-state index in [1.807, 2.05) is 9.80 Å². The lowest BCUT2D eigenvalue weighted by Gasteiger charge is -2.23. The fourth-order valence-corrected chi connectivity index (χ4v) is 4.82. The van der Waals surface area contributed by atoms with Crippen molar-refractivity contribution in [2.24, 2.45) is 11.3 Å². The fraction of sp³-hybridized carbons (Fsp3) is 0.619. The molecule has 1 spiro atoms. The van der Waals surface area contributed by atoms with Crippen LogP contribution in [0.15, 0.2) is 24.3 Å². The van der Waals surface area contributed by atoms with Crippen molar-refractivity contribution in [1.82, 2.24) is 9.80 Å². The Bertz CT molecular complexity index is 682. The highest BCUT2D eigenvalue weighted by Gasteiger charge is 2.59. The Labute approximate surface area is 154 Å². The number of halogens is 1.